The summed E-state index contributed by atoms with van der Waals surface area (Å²) in [4.78, 5) is 27.2. The van der Waals surface area contributed by atoms with E-state index in [2.05, 4.69) is 22.5 Å². The van der Waals surface area contributed by atoms with Crippen molar-refractivity contribution in [3.8, 4) is 0 Å². The molecule has 2 amide bonds. The van der Waals surface area contributed by atoms with Gasteiger partial charge in [-0.05, 0) is 30.9 Å². The smallest absolute Gasteiger partial charge is 0.230 e. The van der Waals surface area contributed by atoms with Crippen molar-refractivity contribution in [3.63, 3.8) is 0 Å². The second-order valence-electron chi connectivity index (χ2n) is 8.22. The van der Waals surface area contributed by atoms with Gasteiger partial charge in [0.1, 0.15) is 0 Å². The van der Waals surface area contributed by atoms with Crippen molar-refractivity contribution < 1.29 is 9.59 Å². The van der Waals surface area contributed by atoms with Crippen LogP contribution < -0.4 is 5.32 Å². The maximum Gasteiger partial charge on any atom is 0.230 e. The molecule has 1 aliphatic heterocycles. The van der Waals surface area contributed by atoms with Gasteiger partial charge in [-0.25, -0.2) is 0 Å². The highest BCUT2D eigenvalue weighted by Crippen LogP contribution is 2.36. The van der Waals surface area contributed by atoms with E-state index in [1.54, 1.807) is 18.1 Å². The first-order chi connectivity index (χ1) is 15.0. The zero-order valence-corrected chi connectivity index (χ0v) is 18.0. The van der Waals surface area contributed by atoms with Crippen LogP contribution in [0.15, 0.2) is 67.0 Å². The SMILES string of the molecule is Cc1ccc(C2C(C(=O)Nc3cnn(CCc4ccccc4)c3)CCC(=O)N2C)cc1. The molecule has 6 heteroatoms. The number of carbonyl (C=O) groups is 2. The second kappa shape index (κ2) is 9.16. The number of anilines is 1. The minimum Gasteiger partial charge on any atom is -0.338 e. The number of nitrogens with zero attached hydrogens (tertiary/aromatic N) is 3. The fraction of sp³-hybridized carbons (Fsp3) is 0.320. The van der Waals surface area contributed by atoms with Gasteiger partial charge in [0.15, 0.2) is 0 Å². The molecule has 3 aromatic rings. The zero-order chi connectivity index (χ0) is 21.8. The molecule has 6 nitrogen and oxygen atoms in total. The van der Waals surface area contributed by atoms with Crippen molar-refractivity contribution in [3.05, 3.63) is 83.7 Å². The Hall–Kier alpha value is -3.41. The molecule has 31 heavy (non-hydrogen) atoms. The summed E-state index contributed by atoms with van der Waals surface area (Å²) in [6, 6.07) is 18.0. The average Bonchev–Trinajstić information content (AvgIpc) is 3.23. The van der Waals surface area contributed by atoms with Crippen LogP contribution in [-0.4, -0.2) is 33.5 Å². The number of benzene rings is 2. The Balaban J connectivity index is 1.44. The van der Waals surface area contributed by atoms with E-state index in [4.69, 9.17) is 0 Å². The van der Waals surface area contributed by atoms with Crippen LogP contribution in [-0.2, 0) is 22.6 Å². The lowest BCUT2D eigenvalue weighted by atomic mass is 9.83. The summed E-state index contributed by atoms with van der Waals surface area (Å²) < 4.78 is 1.84. The minimum absolute atomic E-state index is 0.0726. The van der Waals surface area contributed by atoms with E-state index in [-0.39, 0.29) is 23.8 Å². The molecule has 2 aromatic carbocycles. The summed E-state index contributed by atoms with van der Waals surface area (Å²) in [5, 5.41) is 7.40. The lowest BCUT2D eigenvalue weighted by Crippen LogP contribution is -2.44. The van der Waals surface area contributed by atoms with Crippen molar-refractivity contribution >= 4 is 17.5 Å². The van der Waals surface area contributed by atoms with Crippen LogP contribution in [0.3, 0.4) is 0 Å². The summed E-state index contributed by atoms with van der Waals surface area (Å²) >= 11 is 0. The van der Waals surface area contributed by atoms with Gasteiger partial charge in [0.2, 0.25) is 11.8 Å². The van der Waals surface area contributed by atoms with Crippen molar-refractivity contribution in [2.24, 2.45) is 5.92 Å². The van der Waals surface area contributed by atoms with Gasteiger partial charge < -0.3 is 10.2 Å². The molecule has 2 heterocycles. The lowest BCUT2D eigenvalue weighted by molar-refractivity contribution is -0.140. The Morgan fingerprint density at radius 3 is 2.61 bits per heavy atom. The summed E-state index contributed by atoms with van der Waals surface area (Å²) in [6.07, 6.45) is 5.34. The topological polar surface area (TPSA) is 67.2 Å². The van der Waals surface area contributed by atoms with Crippen LogP contribution in [0.25, 0.3) is 0 Å². The number of hydrogen-bond acceptors (Lipinski definition) is 3. The van der Waals surface area contributed by atoms with Crippen molar-refractivity contribution in [1.29, 1.82) is 0 Å². The molecule has 1 aromatic heterocycles. The van der Waals surface area contributed by atoms with Gasteiger partial charge in [-0.15, -0.1) is 0 Å². The average molecular weight is 417 g/mol. The molecule has 0 spiro atoms. The number of aromatic nitrogens is 2. The number of likely N-dealkylation sites (tertiary alicyclic amines) is 1. The first-order valence-electron chi connectivity index (χ1n) is 10.7. The second-order valence-corrected chi connectivity index (χ2v) is 8.22. The first-order valence-corrected chi connectivity index (χ1v) is 10.7. The first kappa shape index (κ1) is 20.8. The van der Waals surface area contributed by atoms with E-state index in [0.717, 1.165) is 24.1 Å². The van der Waals surface area contributed by atoms with E-state index in [9.17, 15) is 9.59 Å². The number of rotatable bonds is 6. The van der Waals surface area contributed by atoms with E-state index in [1.807, 2.05) is 60.3 Å². The molecule has 2 atom stereocenters. The molecular formula is C25H28N4O2. The highest BCUT2D eigenvalue weighted by molar-refractivity contribution is 5.94. The number of amides is 2. The summed E-state index contributed by atoms with van der Waals surface area (Å²) in [5.41, 5.74) is 4.07. The molecule has 160 valence electrons. The molecule has 1 N–H and O–H groups in total. The Labute approximate surface area is 182 Å². The predicted molar refractivity (Wildman–Crippen MR) is 120 cm³/mol. The van der Waals surface area contributed by atoms with E-state index in [0.29, 0.717) is 18.5 Å². The maximum atomic E-state index is 13.2. The van der Waals surface area contributed by atoms with Gasteiger partial charge in [-0.2, -0.15) is 5.10 Å². The highest BCUT2D eigenvalue weighted by Gasteiger charge is 2.38. The van der Waals surface area contributed by atoms with Crippen LogP contribution in [0.1, 0.15) is 35.6 Å². The van der Waals surface area contributed by atoms with Gasteiger partial charge in [0.25, 0.3) is 0 Å². The van der Waals surface area contributed by atoms with Gasteiger partial charge in [-0.3, -0.25) is 14.3 Å². The molecule has 1 fully saturated rings. The third kappa shape index (κ3) is 4.85. The Kier molecular flexibility index (Phi) is 6.16. The van der Waals surface area contributed by atoms with Crippen LogP contribution >= 0.6 is 0 Å². The fourth-order valence-corrected chi connectivity index (χ4v) is 4.21. The molecular weight excluding hydrogens is 388 g/mol. The molecule has 1 saturated heterocycles. The van der Waals surface area contributed by atoms with Crippen LogP contribution in [0.2, 0.25) is 0 Å². The molecule has 0 bridgehead atoms. The minimum atomic E-state index is -0.307. The summed E-state index contributed by atoms with van der Waals surface area (Å²) in [7, 11) is 1.79. The normalized spacial score (nSPS) is 18.8. The third-order valence-electron chi connectivity index (χ3n) is 5.99. The lowest BCUT2D eigenvalue weighted by Gasteiger charge is -2.38. The van der Waals surface area contributed by atoms with Crippen molar-refractivity contribution in [2.75, 3.05) is 12.4 Å². The molecule has 2 unspecified atom stereocenters. The van der Waals surface area contributed by atoms with Gasteiger partial charge in [-0.1, -0.05) is 60.2 Å². The fourth-order valence-electron chi connectivity index (χ4n) is 4.21. The number of aryl methyl sites for hydroxylation is 3. The van der Waals surface area contributed by atoms with Gasteiger partial charge >= 0.3 is 0 Å². The Morgan fingerprint density at radius 1 is 1.13 bits per heavy atom. The van der Waals surface area contributed by atoms with Crippen LogP contribution in [0.4, 0.5) is 5.69 Å². The van der Waals surface area contributed by atoms with E-state index < -0.39 is 0 Å². The van der Waals surface area contributed by atoms with Gasteiger partial charge in [0, 0.05) is 26.2 Å². The monoisotopic (exact) mass is 416 g/mol. The molecule has 1 aliphatic rings. The Morgan fingerprint density at radius 2 is 1.87 bits per heavy atom. The molecule has 0 radical (unpaired) electrons. The summed E-state index contributed by atoms with van der Waals surface area (Å²) in [5.74, 6) is -0.311. The zero-order valence-electron chi connectivity index (χ0n) is 18.0. The predicted octanol–water partition coefficient (Wildman–Crippen LogP) is 3.98. The number of nitrogens with one attached hydrogen (secondary N) is 1. The highest BCUT2D eigenvalue weighted by atomic mass is 16.2. The maximum absolute atomic E-state index is 13.2. The molecule has 0 saturated carbocycles. The standard InChI is InChI=1S/C25H28N4O2/c1-18-8-10-20(11-9-18)24-22(12-13-23(30)28(24)2)25(31)27-21-16-26-29(17-21)15-14-19-6-4-3-5-7-19/h3-11,16-17,22,24H,12-15H2,1-2H3,(H,27,31). The van der Waals surface area contributed by atoms with Crippen molar-refractivity contribution in [1.82, 2.24) is 14.7 Å². The summed E-state index contributed by atoms with van der Waals surface area (Å²) in [6.45, 7) is 2.77. The largest absolute Gasteiger partial charge is 0.338 e. The Bertz CT molecular complexity index is 1040. The number of hydrogen-bond donors (Lipinski definition) is 1. The number of carbonyl (C=O) groups excluding carboxylic acids is 2. The third-order valence-corrected chi connectivity index (χ3v) is 5.99. The number of piperidine rings is 1. The molecule has 0 aliphatic carbocycles. The van der Waals surface area contributed by atoms with E-state index in [1.165, 1.54) is 5.56 Å². The van der Waals surface area contributed by atoms with E-state index >= 15 is 0 Å². The quantitative estimate of drug-likeness (QED) is 0.661. The van der Waals surface area contributed by atoms with Gasteiger partial charge in [0.05, 0.1) is 23.8 Å². The van der Waals surface area contributed by atoms with Crippen LogP contribution in [0, 0.1) is 12.8 Å². The van der Waals surface area contributed by atoms with Crippen LogP contribution in [0.5, 0.6) is 0 Å². The molecule has 4 rings (SSSR count). The van der Waals surface area contributed by atoms with Crippen molar-refractivity contribution in [2.45, 2.75) is 38.8 Å².